The second-order valence-corrected chi connectivity index (χ2v) is 6.12. The minimum atomic E-state index is -0.716. The maximum absolute atomic E-state index is 12.3. The summed E-state index contributed by atoms with van der Waals surface area (Å²) in [6.07, 6.45) is 0. The molecule has 0 unspecified atom stereocenters. The molecule has 2 aromatic carbocycles. The van der Waals surface area contributed by atoms with Gasteiger partial charge in [0.2, 0.25) is 11.8 Å². The van der Waals surface area contributed by atoms with Gasteiger partial charge in [-0.15, -0.1) is 0 Å². The van der Waals surface area contributed by atoms with Crippen molar-refractivity contribution in [3.63, 3.8) is 0 Å². The lowest BCUT2D eigenvalue weighted by Gasteiger charge is -2.19. The summed E-state index contributed by atoms with van der Waals surface area (Å²) in [5.74, 6) is -0.511. The van der Waals surface area contributed by atoms with Crippen molar-refractivity contribution >= 4 is 23.4 Å². The van der Waals surface area contributed by atoms with Crippen LogP contribution < -0.4 is 16.0 Å². The number of hydrogen-bond donors (Lipinski definition) is 3. The Hall–Kier alpha value is -2.37. The highest BCUT2D eigenvalue weighted by molar-refractivity contribution is 6.30. The smallest absolute Gasteiger partial charge is 0.246 e. The Balaban J connectivity index is 1.95. The van der Waals surface area contributed by atoms with Crippen LogP contribution in [0.1, 0.15) is 30.1 Å². The van der Waals surface area contributed by atoms with Crippen LogP contribution in [-0.2, 0) is 9.59 Å². The van der Waals surface area contributed by atoms with Gasteiger partial charge in [0, 0.05) is 18.1 Å². The fourth-order valence-electron chi connectivity index (χ4n) is 2.42. The van der Waals surface area contributed by atoms with Gasteiger partial charge >= 0.3 is 0 Å². The van der Waals surface area contributed by atoms with E-state index in [2.05, 4.69) is 16.0 Å². The second-order valence-electron chi connectivity index (χ2n) is 5.68. The minimum Gasteiger partial charge on any atom is -0.357 e. The van der Waals surface area contributed by atoms with Crippen LogP contribution in [0.4, 0.5) is 0 Å². The topological polar surface area (TPSA) is 70.2 Å². The summed E-state index contributed by atoms with van der Waals surface area (Å²) in [5, 5.41) is 9.16. The van der Waals surface area contributed by atoms with Gasteiger partial charge in [-0.05, 0) is 30.2 Å². The zero-order valence-corrected chi connectivity index (χ0v) is 15.0. The summed E-state index contributed by atoms with van der Waals surface area (Å²) in [6.45, 7) is 2.06. The molecule has 132 valence electrons. The van der Waals surface area contributed by atoms with Crippen molar-refractivity contribution in [2.75, 3.05) is 13.6 Å². The van der Waals surface area contributed by atoms with Crippen LogP contribution in [0.15, 0.2) is 54.6 Å². The van der Waals surface area contributed by atoms with E-state index in [-0.39, 0.29) is 24.4 Å². The van der Waals surface area contributed by atoms with E-state index in [1.807, 2.05) is 61.5 Å². The van der Waals surface area contributed by atoms with Gasteiger partial charge in [-0.3, -0.25) is 9.59 Å². The summed E-state index contributed by atoms with van der Waals surface area (Å²) in [6, 6.07) is 15.9. The standard InChI is InChI=1S/C19H22ClN3O2/c1-13(14-8-10-16(20)11-9-14)22-12-17(24)23-18(19(25)21-2)15-6-4-3-5-7-15/h3-11,13,18,22H,12H2,1-2H3,(H,21,25)(H,23,24)/t13-,18-/m0/s1. The highest BCUT2D eigenvalue weighted by Crippen LogP contribution is 2.16. The van der Waals surface area contributed by atoms with Gasteiger partial charge in [-0.2, -0.15) is 0 Å². The van der Waals surface area contributed by atoms with E-state index in [0.717, 1.165) is 11.1 Å². The molecule has 0 saturated heterocycles. The molecule has 2 rings (SSSR count). The fourth-order valence-corrected chi connectivity index (χ4v) is 2.54. The van der Waals surface area contributed by atoms with E-state index in [1.54, 1.807) is 7.05 Å². The van der Waals surface area contributed by atoms with E-state index in [1.165, 1.54) is 0 Å². The Morgan fingerprint density at radius 3 is 2.24 bits per heavy atom. The molecule has 0 fully saturated rings. The van der Waals surface area contributed by atoms with Crippen molar-refractivity contribution in [2.45, 2.75) is 19.0 Å². The Morgan fingerprint density at radius 2 is 1.64 bits per heavy atom. The van der Waals surface area contributed by atoms with Crippen LogP contribution in [0.3, 0.4) is 0 Å². The van der Waals surface area contributed by atoms with E-state index < -0.39 is 6.04 Å². The first-order valence-electron chi connectivity index (χ1n) is 8.06. The lowest BCUT2D eigenvalue weighted by Crippen LogP contribution is -2.42. The maximum Gasteiger partial charge on any atom is 0.246 e. The van der Waals surface area contributed by atoms with Crippen molar-refractivity contribution < 1.29 is 9.59 Å². The summed E-state index contributed by atoms with van der Waals surface area (Å²) in [4.78, 5) is 24.3. The van der Waals surface area contributed by atoms with Crippen LogP contribution in [0.2, 0.25) is 5.02 Å². The first-order chi connectivity index (χ1) is 12.0. The molecule has 0 aromatic heterocycles. The molecule has 0 aliphatic heterocycles. The van der Waals surface area contributed by atoms with Crippen LogP contribution in [0.5, 0.6) is 0 Å². The number of amides is 2. The van der Waals surface area contributed by atoms with Crippen molar-refractivity contribution in [1.29, 1.82) is 0 Å². The lowest BCUT2D eigenvalue weighted by atomic mass is 10.1. The van der Waals surface area contributed by atoms with Gasteiger partial charge in [0.1, 0.15) is 6.04 Å². The fraction of sp³-hybridized carbons (Fsp3) is 0.263. The predicted molar refractivity (Wildman–Crippen MR) is 99.3 cm³/mol. The normalized spacial score (nSPS) is 12.9. The molecule has 0 spiro atoms. The van der Waals surface area contributed by atoms with Crippen molar-refractivity contribution in [3.8, 4) is 0 Å². The third-order valence-corrected chi connectivity index (χ3v) is 4.14. The molecule has 2 aromatic rings. The summed E-state index contributed by atoms with van der Waals surface area (Å²) < 4.78 is 0. The van der Waals surface area contributed by atoms with Gasteiger partial charge in [-0.25, -0.2) is 0 Å². The van der Waals surface area contributed by atoms with Crippen LogP contribution in [0, 0.1) is 0 Å². The molecule has 0 heterocycles. The largest absolute Gasteiger partial charge is 0.357 e. The predicted octanol–water partition coefficient (Wildman–Crippen LogP) is 2.59. The van der Waals surface area contributed by atoms with Crippen LogP contribution in [0.25, 0.3) is 0 Å². The molecular weight excluding hydrogens is 338 g/mol. The number of carbonyl (C=O) groups is 2. The Labute approximate surface area is 152 Å². The highest BCUT2D eigenvalue weighted by atomic mass is 35.5. The molecular formula is C19H22ClN3O2. The van der Waals surface area contributed by atoms with Crippen LogP contribution >= 0.6 is 11.6 Å². The van der Waals surface area contributed by atoms with Gasteiger partial charge in [0.15, 0.2) is 0 Å². The Morgan fingerprint density at radius 1 is 1.00 bits per heavy atom. The molecule has 2 amide bonds. The zero-order chi connectivity index (χ0) is 18.2. The van der Waals surface area contributed by atoms with Crippen molar-refractivity contribution in [1.82, 2.24) is 16.0 Å². The average Bonchev–Trinajstić information content (AvgIpc) is 2.64. The van der Waals surface area contributed by atoms with Crippen molar-refractivity contribution in [2.24, 2.45) is 0 Å². The number of likely N-dealkylation sites (N-methyl/N-ethyl adjacent to an activating group) is 1. The Bertz CT molecular complexity index is 704. The van der Waals surface area contributed by atoms with Gasteiger partial charge in [0.25, 0.3) is 0 Å². The maximum atomic E-state index is 12.3. The van der Waals surface area contributed by atoms with E-state index in [0.29, 0.717) is 5.02 Å². The third-order valence-electron chi connectivity index (χ3n) is 3.89. The number of hydrogen-bond acceptors (Lipinski definition) is 3. The molecule has 25 heavy (non-hydrogen) atoms. The SMILES string of the molecule is CNC(=O)[C@@H](NC(=O)CN[C@@H](C)c1ccc(Cl)cc1)c1ccccc1. The molecule has 0 radical (unpaired) electrons. The monoisotopic (exact) mass is 359 g/mol. The van der Waals surface area contributed by atoms with Gasteiger partial charge < -0.3 is 16.0 Å². The molecule has 0 aliphatic rings. The highest BCUT2D eigenvalue weighted by Gasteiger charge is 2.21. The third kappa shape index (κ3) is 5.59. The number of carbonyl (C=O) groups excluding carboxylic acids is 2. The zero-order valence-electron chi connectivity index (χ0n) is 14.3. The van der Waals surface area contributed by atoms with E-state index in [4.69, 9.17) is 11.6 Å². The van der Waals surface area contributed by atoms with Crippen LogP contribution in [-0.4, -0.2) is 25.4 Å². The molecule has 0 aliphatic carbocycles. The van der Waals surface area contributed by atoms with Gasteiger partial charge in [0.05, 0.1) is 6.54 Å². The molecule has 6 heteroatoms. The minimum absolute atomic E-state index is 0.0156. The number of halogens is 1. The Kier molecular flexibility index (Phi) is 6.98. The summed E-state index contributed by atoms with van der Waals surface area (Å²) in [7, 11) is 1.55. The molecule has 5 nitrogen and oxygen atoms in total. The molecule has 0 saturated carbocycles. The average molecular weight is 360 g/mol. The first kappa shape index (κ1) is 19.0. The number of benzene rings is 2. The first-order valence-corrected chi connectivity index (χ1v) is 8.44. The van der Waals surface area contributed by atoms with Gasteiger partial charge in [-0.1, -0.05) is 54.1 Å². The number of rotatable bonds is 7. The molecule has 0 bridgehead atoms. The second kappa shape index (κ2) is 9.20. The molecule has 3 N–H and O–H groups in total. The summed E-state index contributed by atoms with van der Waals surface area (Å²) in [5.41, 5.74) is 1.77. The number of nitrogens with one attached hydrogen (secondary N) is 3. The summed E-state index contributed by atoms with van der Waals surface area (Å²) >= 11 is 5.88. The van der Waals surface area contributed by atoms with E-state index >= 15 is 0 Å². The quantitative estimate of drug-likeness (QED) is 0.711. The van der Waals surface area contributed by atoms with Crippen molar-refractivity contribution in [3.05, 3.63) is 70.7 Å². The lowest BCUT2D eigenvalue weighted by molar-refractivity contribution is -0.128. The van der Waals surface area contributed by atoms with E-state index in [9.17, 15) is 9.59 Å². The molecule has 2 atom stereocenters.